The fraction of sp³-hybridized carbons (Fsp3) is 1.00. The van der Waals surface area contributed by atoms with Crippen molar-refractivity contribution in [2.75, 3.05) is 0 Å². The number of hydrogen-bond donors (Lipinski definition) is 0. The van der Waals surface area contributed by atoms with Crippen LogP contribution >= 0.6 is 19.8 Å². The standard InChI is InChI=1S/2C2H4.HI.Rh/c2*1-2;;/h2*1-2H2;1H;/q;;;+1/p-1. The molecule has 2 heteroatoms. The zero-order chi connectivity index (χ0) is 4.28. The molecular weight excluding hydrogens is 278 g/mol. The molecule has 2 saturated heterocycles. The molecule has 0 aromatic rings. The first-order valence-electron chi connectivity index (χ1n) is 2.07. The molecule has 0 bridgehead atoms. The van der Waals surface area contributed by atoms with E-state index in [1.807, 2.05) is 0 Å². The Kier molecular flexibility index (Phi) is 0.548. The average Bonchev–Trinajstić information content (AvgIpc) is 2.28. The van der Waals surface area contributed by atoms with Crippen LogP contribution in [-0.4, -0.2) is 0 Å². The Bertz CT molecular complexity index is 82.6. The molecule has 0 aromatic carbocycles. The van der Waals surface area contributed by atoms with E-state index in [2.05, 4.69) is 19.8 Å². The van der Waals surface area contributed by atoms with Gasteiger partial charge in [-0.1, -0.05) is 0 Å². The van der Waals surface area contributed by atoms with Gasteiger partial charge in [-0.05, 0) is 0 Å². The SMILES string of the molecule is [I][Rh]12([CH2][CH2]1)[CH2][CH2]2. The third-order valence-electron chi connectivity index (χ3n) is 1.53. The van der Waals surface area contributed by atoms with Crippen molar-refractivity contribution in [3.05, 3.63) is 0 Å². The van der Waals surface area contributed by atoms with Gasteiger partial charge in [0.15, 0.2) is 0 Å². The third-order valence-corrected chi connectivity index (χ3v) is 17.5. The van der Waals surface area contributed by atoms with Gasteiger partial charge in [0.05, 0.1) is 0 Å². The second-order valence-corrected chi connectivity index (χ2v) is 24.0. The van der Waals surface area contributed by atoms with Crippen LogP contribution in [0.15, 0.2) is 0 Å². The second kappa shape index (κ2) is 0.772. The average molecular weight is 286 g/mol. The first-order valence-corrected chi connectivity index (χ1v) is 11.6. The fourth-order valence-corrected chi connectivity index (χ4v) is 17.3. The van der Waals surface area contributed by atoms with Crippen molar-refractivity contribution >= 4 is 19.8 Å². The molecule has 0 N–H and O–H groups in total. The van der Waals surface area contributed by atoms with Crippen LogP contribution in [-0.2, 0) is 10.1 Å². The minimum atomic E-state index is -0.932. The maximum absolute atomic E-state index is 2.80. The predicted octanol–water partition coefficient (Wildman–Crippen LogP) is 2.73. The summed E-state index contributed by atoms with van der Waals surface area (Å²) in [5, 5.41) is 6.74. The Morgan fingerprint density at radius 1 is 1.00 bits per heavy atom. The minimum absolute atomic E-state index is 0.932. The van der Waals surface area contributed by atoms with Gasteiger partial charge in [0.2, 0.25) is 0 Å². The van der Waals surface area contributed by atoms with E-state index in [-0.39, 0.29) is 0 Å². The quantitative estimate of drug-likeness (QED) is 0.474. The van der Waals surface area contributed by atoms with Crippen molar-refractivity contribution in [1.29, 1.82) is 0 Å². The number of halogens is 1. The fourth-order valence-electron chi connectivity index (χ4n) is 0.532. The van der Waals surface area contributed by atoms with Crippen molar-refractivity contribution in [1.82, 2.24) is 0 Å². The monoisotopic (exact) mass is 286 g/mol. The van der Waals surface area contributed by atoms with Gasteiger partial charge in [0.1, 0.15) is 0 Å². The molecule has 1 spiro atoms. The summed E-state index contributed by atoms with van der Waals surface area (Å²) in [6.45, 7) is 0. The number of rotatable bonds is 0. The van der Waals surface area contributed by atoms with Crippen LogP contribution in [0.2, 0.25) is 20.1 Å². The zero-order valence-electron chi connectivity index (χ0n) is 3.54. The van der Waals surface area contributed by atoms with Crippen LogP contribution in [0.25, 0.3) is 0 Å². The molecule has 0 aromatic heterocycles. The summed E-state index contributed by atoms with van der Waals surface area (Å²) in [7, 11) is -0.932. The Morgan fingerprint density at radius 2 is 1.33 bits per heavy atom. The van der Waals surface area contributed by atoms with Crippen LogP contribution in [0, 0.1) is 0 Å². The molecule has 0 radical (unpaired) electrons. The summed E-state index contributed by atoms with van der Waals surface area (Å²) in [5.41, 5.74) is 0. The van der Waals surface area contributed by atoms with Crippen molar-refractivity contribution in [2.45, 2.75) is 20.1 Å². The van der Waals surface area contributed by atoms with E-state index in [1.54, 1.807) is 20.1 Å². The zero-order valence-corrected chi connectivity index (χ0v) is 7.34. The summed E-state index contributed by atoms with van der Waals surface area (Å²) >= 11 is 2.80. The van der Waals surface area contributed by atoms with Gasteiger partial charge in [-0.15, -0.1) is 0 Å². The molecule has 2 aliphatic heterocycles. The van der Waals surface area contributed by atoms with E-state index < -0.39 is 10.1 Å². The normalized spacial score (nSPS) is 49.8. The molecule has 6 heavy (non-hydrogen) atoms. The molecule has 0 saturated carbocycles. The molecule has 2 heterocycles. The van der Waals surface area contributed by atoms with E-state index in [0.717, 1.165) is 0 Å². The van der Waals surface area contributed by atoms with E-state index in [9.17, 15) is 0 Å². The molecule has 0 atom stereocenters. The topological polar surface area (TPSA) is 0 Å². The second-order valence-electron chi connectivity index (χ2n) is 2.02. The van der Waals surface area contributed by atoms with Gasteiger partial charge in [-0.25, -0.2) is 0 Å². The van der Waals surface area contributed by atoms with Gasteiger partial charge in [0.25, 0.3) is 0 Å². The molecule has 2 fully saturated rings. The molecule has 40 valence electrons. The summed E-state index contributed by atoms with van der Waals surface area (Å²) in [4.78, 5) is 0. The summed E-state index contributed by atoms with van der Waals surface area (Å²) in [6.07, 6.45) is 0. The van der Waals surface area contributed by atoms with Crippen molar-refractivity contribution in [3.8, 4) is 0 Å². The summed E-state index contributed by atoms with van der Waals surface area (Å²) in [5.74, 6) is 0. The molecular formula is C4H8IRh. The first-order chi connectivity index (χ1) is 2.71. The Hall–Kier alpha value is 1.35. The maximum atomic E-state index is 2.80. The van der Waals surface area contributed by atoms with E-state index in [4.69, 9.17) is 0 Å². The summed E-state index contributed by atoms with van der Waals surface area (Å²) < 4.78 is 0. The van der Waals surface area contributed by atoms with Crippen LogP contribution in [0.3, 0.4) is 0 Å². The van der Waals surface area contributed by atoms with Crippen LogP contribution < -0.4 is 0 Å². The molecule has 2 rings (SSSR count). The number of hydrogen-bond acceptors (Lipinski definition) is 0. The van der Waals surface area contributed by atoms with Gasteiger partial charge >= 0.3 is 49.9 Å². The molecule has 0 aliphatic carbocycles. The third kappa shape index (κ3) is 0.430. The van der Waals surface area contributed by atoms with Gasteiger partial charge in [-0.3, -0.25) is 0 Å². The van der Waals surface area contributed by atoms with Gasteiger partial charge < -0.3 is 0 Å². The van der Waals surface area contributed by atoms with Crippen LogP contribution in [0.5, 0.6) is 0 Å². The first kappa shape index (κ1) is 4.25. The van der Waals surface area contributed by atoms with Gasteiger partial charge in [-0.2, -0.15) is 0 Å². The Labute approximate surface area is 49.6 Å². The van der Waals surface area contributed by atoms with Crippen LogP contribution in [0.4, 0.5) is 0 Å². The molecule has 0 unspecified atom stereocenters. The van der Waals surface area contributed by atoms with E-state index >= 15 is 0 Å². The Morgan fingerprint density at radius 3 is 1.33 bits per heavy atom. The van der Waals surface area contributed by atoms with E-state index in [0.29, 0.717) is 0 Å². The molecule has 0 amide bonds. The van der Waals surface area contributed by atoms with Crippen molar-refractivity contribution < 1.29 is 10.1 Å². The van der Waals surface area contributed by atoms with Crippen molar-refractivity contribution in [2.24, 2.45) is 0 Å². The Balaban J connectivity index is 2.41. The van der Waals surface area contributed by atoms with E-state index in [1.165, 1.54) is 0 Å². The van der Waals surface area contributed by atoms with Crippen LogP contribution in [0.1, 0.15) is 0 Å². The molecule has 0 nitrogen and oxygen atoms in total. The predicted molar refractivity (Wildman–Crippen MR) is 33.2 cm³/mol. The molecule has 2 aliphatic rings. The summed E-state index contributed by atoms with van der Waals surface area (Å²) in [6, 6.07) is 0. The van der Waals surface area contributed by atoms with Gasteiger partial charge in [0, 0.05) is 0 Å². The van der Waals surface area contributed by atoms with Crippen molar-refractivity contribution in [3.63, 3.8) is 0 Å².